The molecule has 3 rings (SSSR count). The minimum Gasteiger partial charge on any atom is -0.489 e. The minimum absolute atomic E-state index is 0.208. The topological polar surface area (TPSA) is 80.3 Å². The van der Waals surface area contributed by atoms with Crippen molar-refractivity contribution in [1.82, 2.24) is 4.98 Å². The Hall–Kier alpha value is -3.01. The van der Waals surface area contributed by atoms with Crippen molar-refractivity contribution in [2.24, 2.45) is 0 Å². The second kappa shape index (κ2) is 9.08. The van der Waals surface area contributed by atoms with Gasteiger partial charge in [-0.1, -0.05) is 29.8 Å². The molecule has 0 amide bonds. The Morgan fingerprint density at radius 2 is 1.96 bits per heavy atom. The number of benzene rings is 2. The van der Waals surface area contributed by atoms with E-state index >= 15 is 0 Å². The molecule has 0 spiro atoms. The van der Waals surface area contributed by atoms with Gasteiger partial charge in [0.05, 0.1) is 6.61 Å². The summed E-state index contributed by atoms with van der Waals surface area (Å²) >= 11 is 6.13. The summed E-state index contributed by atoms with van der Waals surface area (Å²) in [5, 5.41) is 12.9. The standard InChI is InChI=1S/C20H18ClN3O3/c1-25-11-10-23-20-18(12-22)24-19(27-20)14-6-8-16(9-7-14)26-13-15-4-2-3-5-17(15)21/h2-9,23H,10-11,13H2,1H3. The van der Waals surface area contributed by atoms with Gasteiger partial charge in [-0.3, -0.25) is 0 Å². The average molecular weight is 384 g/mol. The summed E-state index contributed by atoms with van der Waals surface area (Å²) in [5.41, 5.74) is 1.87. The van der Waals surface area contributed by atoms with Crippen LogP contribution >= 0.6 is 11.6 Å². The molecule has 0 fully saturated rings. The first-order chi connectivity index (χ1) is 13.2. The van der Waals surface area contributed by atoms with Gasteiger partial charge in [-0.2, -0.15) is 10.2 Å². The van der Waals surface area contributed by atoms with Gasteiger partial charge in [0.25, 0.3) is 0 Å². The zero-order valence-corrected chi connectivity index (χ0v) is 15.5. The molecule has 6 nitrogen and oxygen atoms in total. The predicted octanol–water partition coefficient (Wildman–Crippen LogP) is 4.50. The van der Waals surface area contributed by atoms with E-state index in [0.717, 1.165) is 11.1 Å². The van der Waals surface area contributed by atoms with Gasteiger partial charge in [-0.25, -0.2) is 0 Å². The van der Waals surface area contributed by atoms with Crippen LogP contribution in [0.25, 0.3) is 11.5 Å². The number of aromatic nitrogens is 1. The summed E-state index contributed by atoms with van der Waals surface area (Å²) in [4.78, 5) is 4.22. The second-order valence-corrected chi connectivity index (χ2v) is 6.04. The Morgan fingerprint density at radius 1 is 1.19 bits per heavy atom. The van der Waals surface area contributed by atoms with Crippen LogP contribution in [0.5, 0.6) is 5.75 Å². The molecule has 0 saturated heterocycles. The molecule has 1 N–H and O–H groups in total. The van der Waals surface area contributed by atoms with E-state index in [2.05, 4.69) is 10.3 Å². The molecule has 1 heterocycles. The maximum absolute atomic E-state index is 9.21. The molecule has 138 valence electrons. The molecule has 0 radical (unpaired) electrons. The second-order valence-electron chi connectivity index (χ2n) is 5.63. The van der Waals surface area contributed by atoms with E-state index in [1.165, 1.54) is 0 Å². The Kier molecular flexibility index (Phi) is 6.31. The van der Waals surface area contributed by atoms with Gasteiger partial charge in [-0.15, -0.1) is 0 Å². The molecule has 2 aromatic carbocycles. The summed E-state index contributed by atoms with van der Waals surface area (Å²) in [6.45, 7) is 1.40. The lowest BCUT2D eigenvalue weighted by molar-refractivity contribution is 0.210. The monoisotopic (exact) mass is 383 g/mol. The van der Waals surface area contributed by atoms with Gasteiger partial charge in [0.15, 0.2) is 0 Å². The Bertz CT molecular complexity index is 932. The van der Waals surface area contributed by atoms with Crippen LogP contribution in [0.3, 0.4) is 0 Å². The highest BCUT2D eigenvalue weighted by Gasteiger charge is 2.14. The molecule has 0 aliphatic rings. The average Bonchev–Trinajstić information content (AvgIpc) is 3.11. The fourth-order valence-corrected chi connectivity index (χ4v) is 2.57. The highest BCUT2D eigenvalue weighted by Crippen LogP contribution is 2.27. The molecule has 1 aromatic heterocycles. The van der Waals surface area contributed by atoms with Crippen LogP contribution in [0.1, 0.15) is 11.3 Å². The molecule has 27 heavy (non-hydrogen) atoms. The molecule has 0 unspecified atom stereocenters. The highest BCUT2D eigenvalue weighted by atomic mass is 35.5. The van der Waals surface area contributed by atoms with Crippen LogP contribution in [-0.4, -0.2) is 25.2 Å². The Balaban J connectivity index is 1.68. The Labute approximate surface area is 162 Å². The number of nitriles is 1. The van der Waals surface area contributed by atoms with E-state index < -0.39 is 0 Å². The van der Waals surface area contributed by atoms with Crippen LogP contribution < -0.4 is 10.1 Å². The third-order valence-electron chi connectivity index (χ3n) is 3.78. The molecule has 0 saturated carbocycles. The van der Waals surface area contributed by atoms with Crippen molar-refractivity contribution >= 4 is 17.5 Å². The first-order valence-electron chi connectivity index (χ1n) is 8.31. The van der Waals surface area contributed by atoms with Crippen LogP contribution in [0, 0.1) is 11.3 Å². The molecule has 0 aliphatic heterocycles. The van der Waals surface area contributed by atoms with Gasteiger partial charge in [0.1, 0.15) is 18.4 Å². The molecule has 0 aliphatic carbocycles. The lowest BCUT2D eigenvalue weighted by atomic mass is 10.2. The number of hydrogen-bond acceptors (Lipinski definition) is 6. The number of anilines is 1. The maximum Gasteiger partial charge on any atom is 0.232 e. The SMILES string of the molecule is COCCNc1oc(-c2ccc(OCc3ccccc3Cl)cc2)nc1C#N. The molecule has 0 bridgehead atoms. The highest BCUT2D eigenvalue weighted by molar-refractivity contribution is 6.31. The van der Waals surface area contributed by atoms with E-state index in [1.54, 1.807) is 7.11 Å². The van der Waals surface area contributed by atoms with E-state index in [-0.39, 0.29) is 5.69 Å². The molecular formula is C20H18ClN3O3. The van der Waals surface area contributed by atoms with Gasteiger partial charge in [-0.05, 0) is 30.3 Å². The molecule has 3 aromatic rings. The number of rotatable bonds is 8. The summed E-state index contributed by atoms with van der Waals surface area (Å²) in [7, 11) is 1.61. The Morgan fingerprint density at radius 3 is 2.67 bits per heavy atom. The van der Waals surface area contributed by atoms with Crippen molar-refractivity contribution in [2.45, 2.75) is 6.61 Å². The van der Waals surface area contributed by atoms with Crippen molar-refractivity contribution < 1.29 is 13.9 Å². The fraction of sp³-hybridized carbons (Fsp3) is 0.200. The largest absolute Gasteiger partial charge is 0.489 e. The summed E-state index contributed by atoms with van der Waals surface area (Å²) in [6.07, 6.45) is 0. The number of nitrogens with one attached hydrogen (secondary N) is 1. The van der Waals surface area contributed by atoms with Crippen LogP contribution in [-0.2, 0) is 11.3 Å². The van der Waals surface area contributed by atoms with Crippen LogP contribution in [0.2, 0.25) is 5.02 Å². The summed E-state index contributed by atoms with van der Waals surface area (Å²) < 4.78 is 16.4. The fourth-order valence-electron chi connectivity index (χ4n) is 2.38. The first-order valence-corrected chi connectivity index (χ1v) is 8.69. The zero-order valence-electron chi connectivity index (χ0n) is 14.7. The number of hydrogen-bond donors (Lipinski definition) is 1. The van der Waals surface area contributed by atoms with Gasteiger partial charge in [0, 0.05) is 29.8 Å². The maximum atomic E-state index is 9.21. The van der Waals surface area contributed by atoms with Crippen molar-refractivity contribution in [2.75, 3.05) is 25.6 Å². The lowest BCUT2D eigenvalue weighted by Crippen LogP contribution is -2.07. The minimum atomic E-state index is 0.208. The number of nitrogens with zero attached hydrogens (tertiary/aromatic N) is 2. The number of oxazole rings is 1. The number of halogens is 1. The van der Waals surface area contributed by atoms with Crippen molar-refractivity contribution in [3.8, 4) is 23.3 Å². The number of ether oxygens (including phenoxy) is 2. The summed E-state index contributed by atoms with van der Waals surface area (Å²) in [6, 6.07) is 16.9. The lowest BCUT2D eigenvalue weighted by Gasteiger charge is -2.08. The predicted molar refractivity (Wildman–Crippen MR) is 103 cm³/mol. The van der Waals surface area contributed by atoms with Crippen molar-refractivity contribution in [1.29, 1.82) is 5.26 Å². The van der Waals surface area contributed by atoms with Crippen LogP contribution in [0.4, 0.5) is 5.88 Å². The van der Waals surface area contributed by atoms with Crippen LogP contribution in [0.15, 0.2) is 52.9 Å². The van der Waals surface area contributed by atoms with E-state index in [1.807, 2.05) is 54.6 Å². The van der Waals surface area contributed by atoms with Gasteiger partial charge in [0.2, 0.25) is 17.5 Å². The van der Waals surface area contributed by atoms with E-state index in [9.17, 15) is 5.26 Å². The van der Waals surface area contributed by atoms with E-state index in [4.69, 9.17) is 25.5 Å². The zero-order chi connectivity index (χ0) is 19.1. The summed E-state index contributed by atoms with van der Waals surface area (Å²) in [5.74, 6) is 1.40. The number of methoxy groups -OCH3 is 1. The van der Waals surface area contributed by atoms with E-state index in [0.29, 0.717) is 42.3 Å². The third kappa shape index (κ3) is 4.79. The van der Waals surface area contributed by atoms with Crippen molar-refractivity contribution in [3.63, 3.8) is 0 Å². The molecule has 7 heteroatoms. The van der Waals surface area contributed by atoms with Gasteiger partial charge >= 0.3 is 0 Å². The normalized spacial score (nSPS) is 10.4. The molecule has 0 atom stereocenters. The van der Waals surface area contributed by atoms with Gasteiger partial charge < -0.3 is 19.2 Å². The smallest absolute Gasteiger partial charge is 0.232 e. The third-order valence-corrected chi connectivity index (χ3v) is 4.15. The quantitative estimate of drug-likeness (QED) is 0.576. The van der Waals surface area contributed by atoms with Crippen molar-refractivity contribution in [3.05, 3.63) is 64.8 Å². The molecular weight excluding hydrogens is 366 g/mol. The first kappa shape index (κ1) is 18.8.